The SMILES string of the molecule is CC1C=C(C(=O)O)CCC1. The van der Waals surface area contributed by atoms with E-state index in [4.69, 9.17) is 5.11 Å². The van der Waals surface area contributed by atoms with Crippen molar-refractivity contribution in [2.24, 2.45) is 5.92 Å². The number of rotatable bonds is 1. The fraction of sp³-hybridized carbons (Fsp3) is 0.625. The molecule has 1 atom stereocenters. The molecule has 0 aromatic carbocycles. The highest BCUT2D eigenvalue weighted by molar-refractivity contribution is 5.86. The van der Waals surface area contributed by atoms with Crippen LogP contribution in [0.25, 0.3) is 0 Å². The van der Waals surface area contributed by atoms with Crippen molar-refractivity contribution in [1.29, 1.82) is 0 Å². The van der Waals surface area contributed by atoms with Gasteiger partial charge in [-0.15, -0.1) is 0 Å². The number of carboxylic acid groups (broad SMARTS) is 1. The molecule has 2 heteroatoms. The lowest BCUT2D eigenvalue weighted by Crippen LogP contribution is -2.08. The topological polar surface area (TPSA) is 37.3 Å². The fourth-order valence-electron chi connectivity index (χ4n) is 1.30. The van der Waals surface area contributed by atoms with Gasteiger partial charge < -0.3 is 5.11 Å². The standard InChI is InChI=1S/C8H12O2/c1-6-3-2-4-7(5-6)8(9)10/h5-6H,2-4H2,1H3,(H,9,10). The largest absolute Gasteiger partial charge is 0.478 e. The van der Waals surface area contributed by atoms with Crippen molar-refractivity contribution in [3.63, 3.8) is 0 Å². The van der Waals surface area contributed by atoms with Crippen molar-refractivity contribution >= 4 is 5.97 Å². The maximum Gasteiger partial charge on any atom is 0.331 e. The molecule has 0 spiro atoms. The van der Waals surface area contributed by atoms with Gasteiger partial charge in [0.1, 0.15) is 0 Å². The summed E-state index contributed by atoms with van der Waals surface area (Å²) >= 11 is 0. The molecular formula is C8H12O2. The van der Waals surface area contributed by atoms with E-state index in [1.165, 1.54) is 0 Å². The Labute approximate surface area is 60.6 Å². The minimum absolute atomic E-state index is 0.458. The normalized spacial score (nSPS) is 25.7. The first-order chi connectivity index (χ1) is 4.70. The lowest BCUT2D eigenvalue weighted by Gasteiger charge is -2.13. The van der Waals surface area contributed by atoms with E-state index in [9.17, 15) is 4.79 Å². The zero-order valence-corrected chi connectivity index (χ0v) is 6.13. The third-order valence-electron chi connectivity index (χ3n) is 1.87. The molecule has 0 fully saturated rings. The molecule has 0 aromatic heterocycles. The summed E-state index contributed by atoms with van der Waals surface area (Å²) < 4.78 is 0. The van der Waals surface area contributed by atoms with Gasteiger partial charge in [0.05, 0.1) is 0 Å². The smallest absolute Gasteiger partial charge is 0.331 e. The van der Waals surface area contributed by atoms with Gasteiger partial charge >= 0.3 is 5.97 Å². The molecule has 10 heavy (non-hydrogen) atoms. The van der Waals surface area contributed by atoms with Gasteiger partial charge in [-0.3, -0.25) is 0 Å². The van der Waals surface area contributed by atoms with Crippen LogP contribution in [0.3, 0.4) is 0 Å². The van der Waals surface area contributed by atoms with Crippen molar-refractivity contribution < 1.29 is 9.90 Å². The van der Waals surface area contributed by atoms with Crippen molar-refractivity contribution in [2.75, 3.05) is 0 Å². The maximum absolute atomic E-state index is 10.4. The Bertz CT molecular complexity index is 170. The quantitative estimate of drug-likeness (QED) is 0.603. The van der Waals surface area contributed by atoms with Gasteiger partial charge in [0.25, 0.3) is 0 Å². The highest BCUT2D eigenvalue weighted by Crippen LogP contribution is 2.21. The summed E-state index contributed by atoms with van der Waals surface area (Å²) in [7, 11) is 0. The first-order valence-corrected chi connectivity index (χ1v) is 3.64. The molecule has 0 amide bonds. The van der Waals surface area contributed by atoms with Crippen molar-refractivity contribution in [2.45, 2.75) is 26.2 Å². The molecule has 0 bridgehead atoms. The average molecular weight is 140 g/mol. The lowest BCUT2D eigenvalue weighted by atomic mass is 9.92. The monoisotopic (exact) mass is 140 g/mol. The number of allylic oxidation sites excluding steroid dienone is 1. The zero-order chi connectivity index (χ0) is 7.56. The van der Waals surface area contributed by atoms with E-state index < -0.39 is 5.97 Å². The second kappa shape index (κ2) is 2.86. The summed E-state index contributed by atoms with van der Waals surface area (Å²) in [4.78, 5) is 10.4. The van der Waals surface area contributed by atoms with Crippen LogP contribution in [-0.2, 0) is 4.79 Å². The second-order valence-electron chi connectivity index (χ2n) is 2.87. The molecule has 0 aliphatic heterocycles. The zero-order valence-electron chi connectivity index (χ0n) is 6.13. The van der Waals surface area contributed by atoms with Gasteiger partial charge in [-0.1, -0.05) is 13.0 Å². The summed E-state index contributed by atoms with van der Waals surface area (Å²) in [5.74, 6) is -0.286. The first-order valence-electron chi connectivity index (χ1n) is 3.64. The highest BCUT2D eigenvalue weighted by Gasteiger charge is 2.13. The summed E-state index contributed by atoms with van der Waals surface area (Å²) in [5, 5.41) is 8.59. The van der Waals surface area contributed by atoms with Crippen LogP contribution in [0.1, 0.15) is 26.2 Å². The molecule has 56 valence electrons. The number of hydrogen-bond donors (Lipinski definition) is 1. The van der Waals surface area contributed by atoms with Gasteiger partial charge in [0.15, 0.2) is 0 Å². The van der Waals surface area contributed by atoms with Gasteiger partial charge in [-0.05, 0) is 25.2 Å². The Balaban J connectivity index is 2.66. The van der Waals surface area contributed by atoms with Gasteiger partial charge in [-0.2, -0.15) is 0 Å². The van der Waals surface area contributed by atoms with E-state index in [2.05, 4.69) is 6.92 Å². The molecule has 1 N–H and O–H groups in total. The minimum atomic E-state index is -0.744. The van der Waals surface area contributed by atoms with Crippen LogP contribution < -0.4 is 0 Å². The number of carboxylic acids is 1. The van der Waals surface area contributed by atoms with Crippen LogP contribution in [0.2, 0.25) is 0 Å². The average Bonchev–Trinajstić information content (AvgIpc) is 1.88. The Morgan fingerprint density at radius 1 is 1.80 bits per heavy atom. The molecule has 0 aromatic rings. The lowest BCUT2D eigenvalue weighted by molar-refractivity contribution is -0.132. The van der Waals surface area contributed by atoms with Crippen LogP contribution in [0, 0.1) is 5.92 Å². The van der Waals surface area contributed by atoms with Crippen molar-refractivity contribution in [1.82, 2.24) is 0 Å². The predicted octanol–water partition coefficient (Wildman–Crippen LogP) is 1.82. The van der Waals surface area contributed by atoms with Gasteiger partial charge in [0.2, 0.25) is 0 Å². The second-order valence-corrected chi connectivity index (χ2v) is 2.87. The van der Waals surface area contributed by atoms with Crippen molar-refractivity contribution in [3.05, 3.63) is 11.6 Å². The first kappa shape index (κ1) is 7.32. The Kier molecular flexibility index (Phi) is 2.10. The number of carbonyl (C=O) groups is 1. The van der Waals surface area contributed by atoms with E-state index >= 15 is 0 Å². The van der Waals surface area contributed by atoms with E-state index in [1.807, 2.05) is 6.08 Å². The molecule has 1 unspecified atom stereocenters. The number of aliphatic carboxylic acids is 1. The van der Waals surface area contributed by atoms with E-state index in [0.717, 1.165) is 19.3 Å². The molecule has 2 nitrogen and oxygen atoms in total. The molecule has 0 saturated heterocycles. The predicted molar refractivity (Wildman–Crippen MR) is 38.7 cm³/mol. The third kappa shape index (κ3) is 1.59. The molecular weight excluding hydrogens is 128 g/mol. The fourth-order valence-corrected chi connectivity index (χ4v) is 1.30. The van der Waals surface area contributed by atoms with Crippen LogP contribution in [-0.4, -0.2) is 11.1 Å². The molecule has 0 radical (unpaired) electrons. The van der Waals surface area contributed by atoms with Crippen molar-refractivity contribution in [3.8, 4) is 0 Å². The van der Waals surface area contributed by atoms with E-state index in [0.29, 0.717) is 11.5 Å². The summed E-state index contributed by atoms with van der Waals surface area (Å²) in [6, 6.07) is 0. The van der Waals surface area contributed by atoms with E-state index in [1.54, 1.807) is 0 Å². The summed E-state index contributed by atoms with van der Waals surface area (Å²) in [5.41, 5.74) is 0.596. The summed E-state index contributed by atoms with van der Waals surface area (Å²) in [6.45, 7) is 2.06. The molecule has 1 rings (SSSR count). The number of hydrogen-bond acceptors (Lipinski definition) is 1. The molecule has 1 aliphatic carbocycles. The van der Waals surface area contributed by atoms with Gasteiger partial charge in [-0.25, -0.2) is 4.79 Å². The van der Waals surface area contributed by atoms with Crippen LogP contribution in [0.15, 0.2) is 11.6 Å². The summed E-state index contributed by atoms with van der Waals surface area (Å²) in [6.07, 6.45) is 4.78. The molecule has 0 saturated carbocycles. The molecule has 1 aliphatic rings. The van der Waals surface area contributed by atoms with Crippen LogP contribution in [0.5, 0.6) is 0 Å². The van der Waals surface area contributed by atoms with E-state index in [-0.39, 0.29) is 0 Å². The van der Waals surface area contributed by atoms with Gasteiger partial charge in [0, 0.05) is 5.57 Å². The van der Waals surface area contributed by atoms with Crippen LogP contribution in [0.4, 0.5) is 0 Å². The Morgan fingerprint density at radius 3 is 2.90 bits per heavy atom. The molecule has 0 heterocycles. The Morgan fingerprint density at radius 2 is 2.50 bits per heavy atom. The minimum Gasteiger partial charge on any atom is -0.478 e. The third-order valence-corrected chi connectivity index (χ3v) is 1.87. The maximum atomic E-state index is 10.4. The highest BCUT2D eigenvalue weighted by atomic mass is 16.4. The Hall–Kier alpha value is -0.790. The van der Waals surface area contributed by atoms with Crippen LogP contribution >= 0.6 is 0 Å².